The molecular weight excluding hydrogens is 464 g/mol. The molecule has 168 valence electrons. The van der Waals surface area contributed by atoms with Gasteiger partial charge in [-0.1, -0.05) is 24.6 Å². The summed E-state index contributed by atoms with van der Waals surface area (Å²) in [7, 11) is 1.55. The monoisotopic (exact) mass is 482 g/mol. The summed E-state index contributed by atoms with van der Waals surface area (Å²) in [6.45, 7) is 2.56. The minimum absolute atomic E-state index is 0.000277. The quantitative estimate of drug-likeness (QED) is 0.363. The SMILES string of the molecule is CCCOc1ccc([C@@H]2c3c(oc4ccc(Cl)cc4c3=O)C(=O)N2c2nccs2)cc1OC. The minimum Gasteiger partial charge on any atom is -0.493 e. The number of rotatable bonds is 6. The van der Waals surface area contributed by atoms with Gasteiger partial charge in [-0.2, -0.15) is 0 Å². The summed E-state index contributed by atoms with van der Waals surface area (Å²) in [6, 6.07) is 9.41. The van der Waals surface area contributed by atoms with E-state index in [9.17, 15) is 9.59 Å². The Morgan fingerprint density at radius 3 is 2.76 bits per heavy atom. The van der Waals surface area contributed by atoms with Crippen LogP contribution in [-0.4, -0.2) is 24.6 Å². The summed E-state index contributed by atoms with van der Waals surface area (Å²) >= 11 is 7.44. The fourth-order valence-electron chi connectivity index (χ4n) is 3.98. The number of fused-ring (bicyclic) bond motifs is 2. The molecule has 0 radical (unpaired) electrons. The molecule has 7 nitrogen and oxygen atoms in total. The lowest BCUT2D eigenvalue weighted by Gasteiger charge is -2.23. The Hall–Kier alpha value is -3.36. The zero-order chi connectivity index (χ0) is 23.1. The van der Waals surface area contributed by atoms with Crippen LogP contribution in [0.5, 0.6) is 11.5 Å². The van der Waals surface area contributed by atoms with E-state index in [1.807, 2.05) is 13.0 Å². The number of carbonyl (C=O) groups excluding carboxylic acids is 1. The van der Waals surface area contributed by atoms with E-state index in [0.29, 0.717) is 44.8 Å². The number of ether oxygens (including phenoxy) is 2. The normalized spacial score (nSPS) is 15.2. The molecule has 0 N–H and O–H groups in total. The van der Waals surface area contributed by atoms with Gasteiger partial charge in [-0.25, -0.2) is 4.98 Å². The topological polar surface area (TPSA) is 81.9 Å². The summed E-state index contributed by atoms with van der Waals surface area (Å²) in [6.07, 6.45) is 2.46. The predicted octanol–water partition coefficient (Wildman–Crippen LogP) is 5.45. The van der Waals surface area contributed by atoms with Crippen molar-refractivity contribution in [2.75, 3.05) is 18.6 Å². The maximum Gasteiger partial charge on any atom is 0.297 e. The van der Waals surface area contributed by atoms with E-state index in [0.717, 1.165) is 6.42 Å². The molecule has 0 aliphatic carbocycles. The molecule has 2 aromatic heterocycles. The van der Waals surface area contributed by atoms with E-state index in [1.54, 1.807) is 49.0 Å². The molecule has 0 saturated heterocycles. The van der Waals surface area contributed by atoms with Crippen LogP contribution in [0.2, 0.25) is 5.02 Å². The van der Waals surface area contributed by atoms with Crippen LogP contribution in [0, 0.1) is 0 Å². The van der Waals surface area contributed by atoms with Gasteiger partial charge in [-0.3, -0.25) is 14.5 Å². The second kappa shape index (κ2) is 8.53. The Bertz CT molecular complexity index is 1420. The van der Waals surface area contributed by atoms with Gasteiger partial charge in [0.05, 0.1) is 30.7 Å². The molecule has 3 heterocycles. The van der Waals surface area contributed by atoms with Gasteiger partial charge in [-0.05, 0) is 42.3 Å². The van der Waals surface area contributed by atoms with Gasteiger partial charge in [0, 0.05) is 16.6 Å². The molecule has 1 aliphatic rings. The molecule has 1 aliphatic heterocycles. The number of thiazole rings is 1. The molecule has 1 atom stereocenters. The number of anilines is 1. The fourth-order valence-corrected chi connectivity index (χ4v) is 4.82. The van der Waals surface area contributed by atoms with E-state index in [4.69, 9.17) is 25.5 Å². The number of amides is 1. The Morgan fingerprint density at radius 2 is 2.03 bits per heavy atom. The van der Waals surface area contributed by atoms with Crippen LogP contribution in [0.25, 0.3) is 11.0 Å². The number of nitrogens with zero attached hydrogens (tertiary/aromatic N) is 2. The number of hydrogen-bond donors (Lipinski definition) is 0. The number of halogens is 1. The van der Waals surface area contributed by atoms with Crippen molar-refractivity contribution in [1.29, 1.82) is 0 Å². The molecule has 33 heavy (non-hydrogen) atoms. The molecule has 0 bridgehead atoms. The molecule has 0 fully saturated rings. The van der Waals surface area contributed by atoms with Gasteiger partial charge in [0.1, 0.15) is 5.58 Å². The van der Waals surface area contributed by atoms with Gasteiger partial charge in [0.2, 0.25) is 5.76 Å². The lowest BCUT2D eigenvalue weighted by molar-refractivity contribution is 0.0971. The molecule has 2 aromatic carbocycles. The second-order valence-corrected chi connectivity index (χ2v) is 8.78. The average Bonchev–Trinajstić information content (AvgIpc) is 3.45. The van der Waals surface area contributed by atoms with Crippen molar-refractivity contribution in [1.82, 2.24) is 4.98 Å². The highest BCUT2D eigenvalue weighted by molar-refractivity contribution is 7.13. The summed E-state index contributed by atoms with van der Waals surface area (Å²) in [5, 5.41) is 2.96. The summed E-state index contributed by atoms with van der Waals surface area (Å²) < 4.78 is 17.2. The van der Waals surface area contributed by atoms with Crippen LogP contribution in [-0.2, 0) is 0 Å². The van der Waals surface area contributed by atoms with Gasteiger partial charge < -0.3 is 13.9 Å². The van der Waals surface area contributed by atoms with E-state index in [-0.39, 0.29) is 16.8 Å². The molecular formula is C24H19ClN2O5S. The smallest absolute Gasteiger partial charge is 0.297 e. The zero-order valence-corrected chi connectivity index (χ0v) is 19.4. The van der Waals surface area contributed by atoms with E-state index >= 15 is 0 Å². The maximum atomic E-state index is 13.6. The molecule has 0 unspecified atom stereocenters. The third-order valence-electron chi connectivity index (χ3n) is 5.42. The molecule has 0 spiro atoms. The average molecular weight is 483 g/mol. The first-order chi connectivity index (χ1) is 16.0. The van der Waals surface area contributed by atoms with Gasteiger partial charge in [-0.15, -0.1) is 11.3 Å². The van der Waals surface area contributed by atoms with Crippen LogP contribution in [0.3, 0.4) is 0 Å². The first kappa shape index (κ1) is 21.5. The third kappa shape index (κ3) is 3.55. The van der Waals surface area contributed by atoms with Gasteiger partial charge in [0.25, 0.3) is 5.91 Å². The largest absolute Gasteiger partial charge is 0.493 e. The molecule has 1 amide bonds. The second-order valence-electron chi connectivity index (χ2n) is 7.47. The summed E-state index contributed by atoms with van der Waals surface area (Å²) in [5.74, 6) is 0.671. The Morgan fingerprint density at radius 1 is 1.18 bits per heavy atom. The molecule has 5 rings (SSSR count). The predicted molar refractivity (Wildman–Crippen MR) is 127 cm³/mol. The number of benzene rings is 2. The molecule has 0 saturated carbocycles. The highest BCUT2D eigenvalue weighted by Gasteiger charge is 2.45. The van der Waals surface area contributed by atoms with E-state index < -0.39 is 11.9 Å². The maximum absolute atomic E-state index is 13.6. The highest BCUT2D eigenvalue weighted by Crippen LogP contribution is 2.43. The third-order valence-corrected chi connectivity index (χ3v) is 6.43. The van der Waals surface area contributed by atoms with Gasteiger partial charge in [0.15, 0.2) is 22.1 Å². The van der Waals surface area contributed by atoms with E-state index in [2.05, 4.69) is 4.98 Å². The van der Waals surface area contributed by atoms with Crippen molar-refractivity contribution in [3.63, 3.8) is 0 Å². The van der Waals surface area contributed by atoms with Gasteiger partial charge >= 0.3 is 0 Å². The summed E-state index contributed by atoms with van der Waals surface area (Å²) in [5.41, 5.74) is 0.912. The fraction of sp³-hybridized carbons (Fsp3) is 0.208. The van der Waals surface area contributed by atoms with Crippen molar-refractivity contribution < 1.29 is 18.7 Å². The van der Waals surface area contributed by atoms with Crippen molar-refractivity contribution >= 4 is 44.9 Å². The zero-order valence-electron chi connectivity index (χ0n) is 17.8. The van der Waals surface area contributed by atoms with E-state index in [1.165, 1.54) is 16.2 Å². The Balaban J connectivity index is 1.74. The van der Waals surface area contributed by atoms with Crippen LogP contribution >= 0.6 is 22.9 Å². The minimum atomic E-state index is -0.743. The number of carbonyl (C=O) groups is 1. The van der Waals surface area contributed by atoms with Crippen molar-refractivity contribution in [3.8, 4) is 11.5 Å². The van der Waals surface area contributed by atoms with Crippen LogP contribution in [0.4, 0.5) is 5.13 Å². The summed E-state index contributed by atoms with van der Waals surface area (Å²) in [4.78, 5) is 32.9. The number of aromatic nitrogens is 1. The number of hydrogen-bond acceptors (Lipinski definition) is 7. The number of methoxy groups -OCH3 is 1. The highest BCUT2D eigenvalue weighted by atomic mass is 35.5. The first-order valence-corrected chi connectivity index (χ1v) is 11.6. The van der Waals surface area contributed by atoms with Crippen LogP contribution in [0.15, 0.2) is 57.2 Å². The van der Waals surface area contributed by atoms with Crippen LogP contribution < -0.4 is 19.8 Å². The Kier molecular flexibility index (Phi) is 5.55. The lowest BCUT2D eigenvalue weighted by Crippen LogP contribution is -2.29. The Labute approximate surface area is 198 Å². The van der Waals surface area contributed by atoms with Crippen molar-refractivity contribution in [2.24, 2.45) is 0 Å². The standard InChI is InChI=1S/C24H19ClN2O5S/c1-3-9-31-17-6-4-13(11-18(17)30-2)20-19-21(28)15-12-14(25)5-7-16(15)32-22(19)23(29)27(20)24-26-8-10-33-24/h4-8,10-12,20H,3,9H2,1-2H3/t20-/m1/s1. The molecule has 4 aromatic rings. The van der Waals surface area contributed by atoms with Crippen LogP contribution in [0.1, 0.15) is 41.1 Å². The molecule has 9 heteroatoms. The van der Waals surface area contributed by atoms with Crippen molar-refractivity contribution in [2.45, 2.75) is 19.4 Å². The first-order valence-electron chi connectivity index (χ1n) is 10.3. The lowest BCUT2D eigenvalue weighted by atomic mass is 9.98. The van der Waals surface area contributed by atoms with Crippen molar-refractivity contribution in [3.05, 3.63) is 80.1 Å².